The Labute approximate surface area is 102 Å². The third kappa shape index (κ3) is 4.26. The van der Waals surface area contributed by atoms with Crippen molar-refractivity contribution in [3.63, 3.8) is 0 Å². The average molecular weight is 237 g/mol. The second-order valence-electron chi connectivity index (χ2n) is 3.89. The number of aliphatic hydroxyl groups excluding tert-OH is 1. The minimum atomic E-state index is -0.528. The van der Waals surface area contributed by atoms with Crippen molar-refractivity contribution in [2.75, 3.05) is 0 Å². The van der Waals surface area contributed by atoms with E-state index in [1.54, 1.807) is 0 Å². The summed E-state index contributed by atoms with van der Waals surface area (Å²) in [7, 11) is 0. The van der Waals surface area contributed by atoms with Crippen LogP contribution in [-0.2, 0) is 0 Å². The molecule has 86 valence electrons. The van der Waals surface area contributed by atoms with E-state index >= 15 is 0 Å². The molecule has 0 saturated heterocycles. The van der Waals surface area contributed by atoms with Crippen LogP contribution < -0.4 is 0 Å². The Morgan fingerprint density at radius 1 is 1.44 bits per heavy atom. The molecular formula is C14H17ClO. The van der Waals surface area contributed by atoms with Crippen molar-refractivity contribution in [3.05, 3.63) is 34.3 Å². The Hall–Kier alpha value is -0.970. The molecule has 1 rings (SSSR count). The first-order valence-corrected chi connectivity index (χ1v) is 5.97. The lowest BCUT2D eigenvalue weighted by molar-refractivity contribution is 0.218. The molecule has 1 N–H and O–H groups in total. The molecule has 0 heterocycles. The third-order valence-electron chi connectivity index (χ3n) is 2.39. The van der Waals surface area contributed by atoms with Crippen molar-refractivity contribution in [1.82, 2.24) is 0 Å². The maximum absolute atomic E-state index is 9.56. The van der Waals surface area contributed by atoms with Gasteiger partial charge in [0, 0.05) is 10.6 Å². The maximum atomic E-state index is 9.56. The zero-order valence-corrected chi connectivity index (χ0v) is 10.5. The van der Waals surface area contributed by atoms with Gasteiger partial charge in [-0.05, 0) is 31.0 Å². The van der Waals surface area contributed by atoms with Gasteiger partial charge in [0.1, 0.15) is 6.10 Å². The van der Waals surface area contributed by atoms with E-state index in [4.69, 9.17) is 11.6 Å². The second kappa shape index (κ2) is 6.58. The number of aliphatic hydroxyl groups is 1. The summed E-state index contributed by atoms with van der Waals surface area (Å²) in [6.45, 7) is 4.05. The van der Waals surface area contributed by atoms with Gasteiger partial charge in [0.2, 0.25) is 0 Å². The summed E-state index contributed by atoms with van der Waals surface area (Å²) in [5.41, 5.74) is 1.89. The molecule has 0 aliphatic carbocycles. The molecule has 0 aliphatic heterocycles. The molecule has 1 aromatic carbocycles. The molecule has 1 nitrogen and oxygen atoms in total. The zero-order chi connectivity index (χ0) is 12.0. The summed E-state index contributed by atoms with van der Waals surface area (Å²) in [6.07, 6.45) is 2.29. The molecule has 0 saturated carbocycles. The van der Waals surface area contributed by atoms with Crippen molar-refractivity contribution in [1.29, 1.82) is 0 Å². The maximum Gasteiger partial charge on any atom is 0.115 e. The lowest BCUT2D eigenvalue weighted by Gasteiger charge is -2.00. The Morgan fingerprint density at radius 2 is 2.19 bits per heavy atom. The average Bonchev–Trinajstić information content (AvgIpc) is 2.28. The number of aryl methyl sites for hydroxylation is 1. The molecule has 0 radical (unpaired) electrons. The summed E-state index contributed by atoms with van der Waals surface area (Å²) in [5, 5.41) is 10.3. The van der Waals surface area contributed by atoms with Crippen LogP contribution >= 0.6 is 11.6 Å². The number of benzene rings is 1. The predicted octanol–water partition coefficient (Wildman–Crippen LogP) is 3.55. The van der Waals surface area contributed by atoms with E-state index in [0.717, 1.165) is 35.4 Å². The van der Waals surface area contributed by atoms with Crippen molar-refractivity contribution >= 4 is 11.6 Å². The Morgan fingerprint density at radius 3 is 2.81 bits per heavy atom. The molecule has 0 aromatic heterocycles. The van der Waals surface area contributed by atoms with Crippen molar-refractivity contribution < 1.29 is 5.11 Å². The highest BCUT2D eigenvalue weighted by Crippen LogP contribution is 2.15. The first-order chi connectivity index (χ1) is 7.63. The largest absolute Gasteiger partial charge is 0.380 e. The fraction of sp³-hybridized carbons (Fsp3) is 0.429. The van der Waals surface area contributed by atoms with E-state index in [1.165, 1.54) is 0 Å². The minimum Gasteiger partial charge on any atom is -0.380 e. The smallest absolute Gasteiger partial charge is 0.115 e. The van der Waals surface area contributed by atoms with E-state index in [2.05, 4.69) is 18.8 Å². The van der Waals surface area contributed by atoms with Gasteiger partial charge in [-0.2, -0.15) is 0 Å². The Balaban J connectivity index is 2.65. The van der Waals surface area contributed by atoms with Crippen LogP contribution in [-0.4, -0.2) is 11.2 Å². The van der Waals surface area contributed by atoms with E-state index in [1.807, 2.05) is 25.1 Å². The fourth-order valence-electron chi connectivity index (χ4n) is 1.31. The zero-order valence-electron chi connectivity index (χ0n) is 9.76. The van der Waals surface area contributed by atoms with Gasteiger partial charge in [0.05, 0.1) is 0 Å². The van der Waals surface area contributed by atoms with Crippen LogP contribution in [0.25, 0.3) is 0 Å². The van der Waals surface area contributed by atoms with Gasteiger partial charge in [-0.1, -0.05) is 49.3 Å². The molecule has 16 heavy (non-hydrogen) atoms. The van der Waals surface area contributed by atoms with Gasteiger partial charge in [-0.3, -0.25) is 0 Å². The van der Waals surface area contributed by atoms with Gasteiger partial charge in [-0.15, -0.1) is 0 Å². The van der Waals surface area contributed by atoms with E-state index < -0.39 is 6.10 Å². The van der Waals surface area contributed by atoms with Gasteiger partial charge >= 0.3 is 0 Å². The monoisotopic (exact) mass is 236 g/mol. The molecular weight excluding hydrogens is 220 g/mol. The van der Waals surface area contributed by atoms with Crippen molar-refractivity contribution in [2.24, 2.45) is 0 Å². The van der Waals surface area contributed by atoms with E-state index in [9.17, 15) is 5.11 Å². The van der Waals surface area contributed by atoms with Crippen LogP contribution in [0.5, 0.6) is 0 Å². The van der Waals surface area contributed by atoms with Crippen LogP contribution in [0.1, 0.15) is 37.3 Å². The Bertz CT molecular complexity index is 401. The van der Waals surface area contributed by atoms with Crippen LogP contribution in [0.3, 0.4) is 0 Å². The topological polar surface area (TPSA) is 20.2 Å². The molecule has 1 unspecified atom stereocenters. The van der Waals surface area contributed by atoms with Gasteiger partial charge < -0.3 is 5.11 Å². The molecule has 2 heteroatoms. The number of halogens is 1. The first-order valence-electron chi connectivity index (χ1n) is 5.59. The first kappa shape index (κ1) is 13.1. The number of hydrogen-bond acceptors (Lipinski definition) is 1. The van der Waals surface area contributed by atoms with Crippen molar-refractivity contribution in [3.8, 4) is 11.8 Å². The highest BCUT2D eigenvalue weighted by atomic mass is 35.5. The van der Waals surface area contributed by atoms with Crippen LogP contribution in [0.2, 0.25) is 5.02 Å². The van der Waals surface area contributed by atoms with Gasteiger partial charge in [0.25, 0.3) is 0 Å². The molecule has 0 aliphatic rings. The van der Waals surface area contributed by atoms with Gasteiger partial charge in [-0.25, -0.2) is 0 Å². The molecule has 0 fully saturated rings. The summed E-state index contributed by atoms with van der Waals surface area (Å²) >= 11 is 5.98. The highest BCUT2D eigenvalue weighted by molar-refractivity contribution is 6.31. The minimum absolute atomic E-state index is 0.528. The fourth-order valence-corrected chi connectivity index (χ4v) is 1.49. The number of rotatable bonds is 3. The molecule has 0 bridgehead atoms. The molecule has 0 spiro atoms. The van der Waals surface area contributed by atoms with Crippen LogP contribution in [0.4, 0.5) is 0 Å². The van der Waals surface area contributed by atoms with E-state index in [-0.39, 0.29) is 0 Å². The second-order valence-corrected chi connectivity index (χ2v) is 4.30. The molecule has 1 aromatic rings. The summed E-state index contributed by atoms with van der Waals surface area (Å²) in [4.78, 5) is 0. The predicted molar refractivity (Wildman–Crippen MR) is 68.6 cm³/mol. The quantitative estimate of drug-likeness (QED) is 0.796. The van der Waals surface area contributed by atoms with Crippen molar-refractivity contribution in [2.45, 2.75) is 39.2 Å². The normalized spacial score (nSPS) is 11.8. The number of hydrogen-bond donors (Lipinski definition) is 1. The van der Waals surface area contributed by atoms with Gasteiger partial charge in [0.15, 0.2) is 0 Å². The third-order valence-corrected chi connectivity index (χ3v) is 2.79. The summed E-state index contributed by atoms with van der Waals surface area (Å²) in [6, 6.07) is 5.68. The molecule has 1 atom stereocenters. The van der Waals surface area contributed by atoms with Crippen LogP contribution in [0.15, 0.2) is 18.2 Å². The Kier molecular flexibility index (Phi) is 5.38. The van der Waals surface area contributed by atoms with E-state index in [0.29, 0.717) is 0 Å². The summed E-state index contributed by atoms with van der Waals surface area (Å²) in [5.74, 6) is 5.76. The van der Waals surface area contributed by atoms with Crippen LogP contribution in [0, 0.1) is 18.8 Å². The summed E-state index contributed by atoms with van der Waals surface area (Å²) < 4.78 is 0. The number of unbranched alkanes of at least 4 members (excludes halogenated alkanes) is 1. The highest BCUT2D eigenvalue weighted by Gasteiger charge is 1.98. The lowest BCUT2D eigenvalue weighted by Crippen LogP contribution is -2.01. The SMILES string of the molecule is CCCCC(O)C#Cc1ccc(C)c(Cl)c1. The standard InChI is InChI=1S/C14H17ClO/c1-3-4-5-13(16)9-8-12-7-6-11(2)14(15)10-12/h6-7,10,13,16H,3-5H2,1-2H3. The lowest BCUT2D eigenvalue weighted by atomic mass is 10.1. The molecule has 0 amide bonds.